The SMILES string of the molecule is Cc1ccc(-c2nnc([C@@H](C)N3CCCN(c4ccccc4C#N)CC3)o2)cc1. The van der Waals surface area contributed by atoms with Crippen LogP contribution in [-0.2, 0) is 0 Å². The van der Waals surface area contributed by atoms with E-state index in [9.17, 15) is 5.26 Å². The summed E-state index contributed by atoms with van der Waals surface area (Å²) >= 11 is 0. The van der Waals surface area contributed by atoms with Gasteiger partial charge in [0.2, 0.25) is 11.8 Å². The second-order valence-corrected chi connectivity index (χ2v) is 7.49. The van der Waals surface area contributed by atoms with Crippen molar-refractivity contribution >= 4 is 5.69 Å². The van der Waals surface area contributed by atoms with E-state index in [0.717, 1.165) is 49.4 Å². The van der Waals surface area contributed by atoms with Crippen LogP contribution in [0, 0.1) is 18.3 Å². The minimum atomic E-state index is 0.0489. The molecule has 0 unspecified atom stereocenters. The van der Waals surface area contributed by atoms with E-state index in [1.165, 1.54) is 5.56 Å². The fraction of sp³-hybridized carbons (Fsp3) is 0.348. The summed E-state index contributed by atoms with van der Waals surface area (Å²) in [5.74, 6) is 1.21. The van der Waals surface area contributed by atoms with Crippen LogP contribution in [0.5, 0.6) is 0 Å². The maximum Gasteiger partial charge on any atom is 0.247 e. The average molecular weight is 387 g/mol. The lowest BCUT2D eigenvalue weighted by atomic mass is 10.1. The summed E-state index contributed by atoms with van der Waals surface area (Å²) in [5.41, 5.74) is 3.89. The van der Waals surface area contributed by atoms with Gasteiger partial charge in [-0.3, -0.25) is 4.90 Å². The quantitative estimate of drug-likeness (QED) is 0.669. The summed E-state index contributed by atoms with van der Waals surface area (Å²) < 4.78 is 5.99. The molecule has 1 aliphatic rings. The molecule has 6 heteroatoms. The third-order valence-electron chi connectivity index (χ3n) is 5.54. The van der Waals surface area contributed by atoms with Crippen molar-refractivity contribution in [3.8, 4) is 17.5 Å². The van der Waals surface area contributed by atoms with Crippen molar-refractivity contribution in [2.75, 3.05) is 31.1 Å². The summed E-state index contributed by atoms with van der Waals surface area (Å²) in [6.07, 6.45) is 1.02. The molecule has 148 valence electrons. The predicted octanol–water partition coefficient (Wildman–Crippen LogP) is 4.19. The second-order valence-electron chi connectivity index (χ2n) is 7.49. The molecule has 4 rings (SSSR count). The highest BCUT2D eigenvalue weighted by Crippen LogP contribution is 2.27. The van der Waals surface area contributed by atoms with Crippen LogP contribution in [0.4, 0.5) is 5.69 Å². The molecule has 29 heavy (non-hydrogen) atoms. The molecule has 2 aromatic carbocycles. The number of nitriles is 1. The van der Waals surface area contributed by atoms with Crippen LogP contribution >= 0.6 is 0 Å². The number of hydrogen-bond donors (Lipinski definition) is 0. The molecular weight excluding hydrogens is 362 g/mol. The van der Waals surface area contributed by atoms with Gasteiger partial charge in [-0.05, 0) is 44.5 Å². The number of aromatic nitrogens is 2. The van der Waals surface area contributed by atoms with Crippen molar-refractivity contribution in [3.63, 3.8) is 0 Å². The molecule has 0 aliphatic carbocycles. The van der Waals surface area contributed by atoms with Crippen molar-refractivity contribution in [1.29, 1.82) is 5.26 Å². The highest BCUT2D eigenvalue weighted by molar-refractivity contribution is 5.59. The largest absolute Gasteiger partial charge is 0.419 e. The lowest BCUT2D eigenvalue weighted by Gasteiger charge is -2.26. The first kappa shape index (κ1) is 19.2. The summed E-state index contributed by atoms with van der Waals surface area (Å²) in [7, 11) is 0. The minimum absolute atomic E-state index is 0.0489. The molecule has 1 aromatic heterocycles. The third kappa shape index (κ3) is 4.15. The molecule has 1 aliphatic heterocycles. The van der Waals surface area contributed by atoms with Crippen LogP contribution in [-0.4, -0.2) is 41.3 Å². The van der Waals surface area contributed by atoms with Gasteiger partial charge in [-0.25, -0.2) is 0 Å². The van der Waals surface area contributed by atoms with Crippen LogP contribution in [0.25, 0.3) is 11.5 Å². The van der Waals surface area contributed by atoms with Gasteiger partial charge in [0.25, 0.3) is 0 Å². The van der Waals surface area contributed by atoms with Crippen LogP contribution < -0.4 is 4.90 Å². The lowest BCUT2D eigenvalue weighted by Crippen LogP contribution is -2.33. The Morgan fingerprint density at radius 1 is 1.00 bits per heavy atom. The Morgan fingerprint density at radius 2 is 1.79 bits per heavy atom. The van der Waals surface area contributed by atoms with E-state index in [1.807, 2.05) is 48.5 Å². The van der Waals surface area contributed by atoms with Gasteiger partial charge in [0.05, 0.1) is 17.3 Å². The molecule has 1 saturated heterocycles. The fourth-order valence-electron chi connectivity index (χ4n) is 3.78. The molecule has 1 atom stereocenters. The van der Waals surface area contributed by atoms with E-state index in [4.69, 9.17) is 4.42 Å². The van der Waals surface area contributed by atoms with E-state index < -0.39 is 0 Å². The van der Waals surface area contributed by atoms with Gasteiger partial charge in [0.15, 0.2) is 0 Å². The van der Waals surface area contributed by atoms with Crippen molar-refractivity contribution < 1.29 is 4.42 Å². The van der Waals surface area contributed by atoms with Crippen molar-refractivity contribution in [2.45, 2.75) is 26.3 Å². The molecule has 2 heterocycles. The Hall–Kier alpha value is -3.17. The molecule has 1 fully saturated rings. The fourth-order valence-corrected chi connectivity index (χ4v) is 3.78. The lowest BCUT2D eigenvalue weighted by molar-refractivity contribution is 0.196. The third-order valence-corrected chi connectivity index (χ3v) is 5.54. The Morgan fingerprint density at radius 3 is 2.59 bits per heavy atom. The van der Waals surface area contributed by atoms with Crippen molar-refractivity contribution in [1.82, 2.24) is 15.1 Å². The van der Waals surface area contributed by atoms with Crippen LogP contribution in [0.3, 0.4) is 0 Å². The molecular formula is C23H25N5O. The molecule has 6 nitrogen and oxygen atoms in total. The molecule has 0 spiro atoms. The van der Waals surface area contributed by atoms with Gasteiger partial charge in [-0.1, -0.05) is 29.8 Å². The van der Waals surface area contributed by atoms with E-state index in [2.05, 4.69) is 39.9 Å². The van der Waals surface area contributed by atoms with Gasteiger partial charge in [-0.15, -0.1) is 10.2 Å². The predicted molar refractivity (Wildman–Crippen MR) is 112 cm³/mol. The Labute approximate surface area is 171 Å². The van der Waals surface area contributed by atoms with E-state index >= 15 is 0 Å². The number of hydrogen-bond acceptors (Lipinski definition) is 6. The first-order chi connectivity index (χ1) is 14.2. The van der Waals surface area contributed by atoms with Gasteiger partial charge < -0.3 is 9.32 Å². The van der Waals surface area contributed by atoms with E-state index in [-0.39, 0.29) is 6.04 Å². The van der Waals surface area contributed by atoms with Crippen molar-refractivity contribution in [3.05, 3.63) is 65.5 Å². The second kappa shape index (κ2) is 8.46. The minimum Gasteiger partial charge on any atom is -0.419 e. The number of benzene rings is 2. The standard InChI is InChI=1S/C23H25N5O/c1-17-8-10-19(11-9-17)23-26-25-22(29-23)18(2)27-12-5-13-28(15-14-27)21-7-4-3-6-20(21)16-24/h3-4,6-11,18H,5,12-15H2,1-2H3/t18-/m1/s1. The topological polar surface area (TPSA) is 69.2 Å². The maximum atomic E-state index is 9.41. The highest BCUT2D eigenvalue weighted by atomic mass is 16.4. The zero-order valence-corrected chi connectivity index (χ0v) is 16.9. The van der Waals surface area contributed by atoms with Gasteiger partial charge in [-0.2, -0.15) is 5.26 Å². The Bertz CT molecular complexity index is 1000. The first-order valence-electron chi connectivity index (χ1n) is 10.0. The average Bonchev–Trinajstić information content (AvgIpc) is 3.12. The Kier molecular flexibility index (Phi) is 5.59. The highest BCUT2D eigenvalue weighted by Gasteiger charge is 2.25. The molecule has 3 aromatic rings. The molecule has 0 bridgehead atoms. The molecule has 0 amide bonds. The van der Waals surface area contributed by atoms with Crippen LogP contribution in [0.2, 0.25) is 0 Å². The monoisotopic (exact) mass is 387 g/mol. The summed E-state index contributed by atoms with van der Waals surface area (Å²) in [4.78, 5) is 4.68. The summed E-state index contributed by atoms with van der Waals surface area (Å²) in [6.45, 7) is 7.80. The molecule has 0 radical (unpaired) electrons. The zero-order valence-electron chi connectivity index (χ0n) is 16.9. The number of nitrogens with zero attached hydrogens (tertiary/aromatic N) is 5. The summed E-state index contributed by atoms with van der Waals surface area (Å²) in [5, 5.41) is 18.0. The first-order valence-corrected chi connectivity index (χ1v) is 10.0. The smallest absolute Gasteiger partial charge is 0.247 e. The van der Waals surface area contributed by atoms with Gasteiger partial charge in [0.1, 0.15) is 6.07 Å². The summed E-state index contributed by atoms with van der Waals surface area (Å²) in [6, 6.07) is 18.3. The zero-order chi connectivity index (χ0) is 20.2. The van der Waals surface area contributed by atoms with E-state index in [1.54, 1.807) is 0 Å². The van der Waals surface area contributed by atoms with Crippen LogP contribution in [0.15, 0.2) is 52.9 Å². The van der Waals surface area contributed by atoms with Crippen LogP contribution in [0.1, 0.15) is 36.4 Å². The van der Waals surface area contributed by atoms with Gasteiger partial charge in [0, 0.05) is 31.7 Å². The normalized spacial score (nSPS) is 16.2. The Balaban J connectivity index is 1.46. The van der Waals surface area contributed by atoms with Crippen molar-refractivity contribution in [2.24, 2.45) is 0 Å². The van der Waals surface area contributed by atoms with E-state index in [0.29, 0.717) is 11.8 Å². The number of para-hydroxylation sites is 1. The molecule has 0 saturated carbocycles. The maximum absolute atomic E-state index is 9.41. The number of anilines is 1. The van der Waals surface area contributed by atoms with Gasteiger partial charge >= 0.3 is 0 Å². The molecule has 0 N–H and O–H groups in total. The number of aryl methyl sites for hydroxylation is 1. The number of rotatable bonds is 4.